The summed E-state index contributed by atoms with van der Waals surface area (Å²) in [6.07, 6.45) is 6.51. The minimum atomic E-state index is 0.699. The molecule has 0 amide bonds. The van der Waals surface area contributed by atoms with E-state index in [1.54, 1.807) is 7.11 Å². The largest absolute Gasteiger partial charge is 0.382 e. The summed E-state index contributed by atoms with van der Waals surface area (Å²) in [5.74, 6) is 3.28. The van der Waals surface area contributed by atoms with E-state index in [4.69, 9.17) is 15.2 Å². The number of methoxy groups -OCH3 is 1. The van der Waals surface area contributed by atoms with Gasteiger partial charge in [-0.2, -0.15) is 0 Å². The maximum Gasteiger partial charge on any atom is 0.0700 e. The molecular weight excluding hydrogens is 238 g/mol. The molecule has 1 rings (SSSR count). The van der Waals surface area contributed by atoms with Crippen molar-refractivity contribution in [3.05, 3.63) is 0 Å². The lowest BCUT2D eigenvalue weighted by Gasteiger charge is -2.37. The quantitative estimate of drug-likeness (QED) is 0.655. The summed E-state index contributed by atoms with van der Waals surface area (Å²) in [5, 5.41) is 0. The van der Waals surface area contributed by atoms with Crippen molar-refractivity contribution in [1.29, 1.82) is 0 Å². The van der Waals surface area contributed by atoms with Crippen molar-refractivity contribution >= 4 is 0 Å². The first kappa shape index (κ1) is 16.9. The molecule has 1 fully saturated rings. The normalized spacial score (nSPS) is 27.9. The molecule has 3 nitrogen and oxygen atoms in total. The molecule has 19 heavy (non-hydrogen) atoms. The van der Waals surface area contributed by atoms with Gasteiger partial charge in [0.05, 0.1) is 13.2 Å². The third-order valence-electron chi connectivity index (χ3n) is 4.72. The van der Waals surface area contributed by atoms with Gasteiger partial charge < -0.3 is 15.2 Å². The maximum absolute atomic E-state index is 5.94. The highest BCUT2D eigenvalue weighted by atomic mass is 16.5. The summed E-state index contributed by atoms with van der Waals surface area (Å²) in [4.78, 5) is 0. The van der Waals surface area contributed by atoms with Gasteiger partial charge in [-0.25, -0.2) is 0 Å². The lowest BCUT2D eigenvalue weighted by Crippen LogP contribution is -2.32. The van der Waals surface area contributed by atoms with Gasteiger partial charge in [0.2, 0.25) is 0 Å². The zero-order valence-electron chi connectivity index (χ0n) is 13.1. The zero-order chi connectivity index (χ0) is 14.1. The van der Waals surface area contributed by atoms with Gasteiger partial charge >= 0.3 is 0 Å². The van der Waals surface area contributed by atoms with Crippen LogP contribution in [0.5, 0.6) is 0 Å². The second-order valence-corrected chi connectivity index (χ2v) is 6.32. The summed E-state index contributed by atoms with van der Waals surface area (Å²) >= 11 is 0. The van der Waals surface area contributed by atoms with Crippen LogP contribution in [0.4, 0.5) is 0 Å². The highest BCUT2D eigenvalue weighted by molar-refractivity contribution is 4.82. The van der Waals surface area contributed by atoms with Crippen molar-refractivity contribution in [3.8, 4) is 0 Å². The fraction of sp³-hybridized carbons (Fsp3) is 1.00. The molecule has 0 spiro atoms. The first-order chi connectivity index (χ1) is 9.19. The van der Waals surface area contributed by atoms with E-state index in [9.17, 15) is 0 Å². The van der Waals surface area contributed by atoms with Crippen molar-refractivity contribution in [2.24, 2.45) is 29.4 Å². The molecule has 0 radical (unpaired) electrons. The van der Waals surface area contributed by atoms with Crippen molar-refractivity contribution in [2.75, 3.05) is 33.5 Å². The maximum atomic E-state index is 5.94. The molecule has 0 heterocycles. The van der Waals surface area contributed by atoms with Crippen LogP contribution >= 0.6 is 0 Å². The van der Waals surface area contributed by atoms with Gasteiger partial charge in [0.25, 0.3) is 0 Å². The van der Waals surface area contributed by atoms with E-state index in [0.29, 0.717) is 6.61 Å². The molecule has 0 aromatic carbocycles. The molecular formula is C16H33NO2. The van der Waals surface area contributed by atoms with Crippen molar-refractivity contribution < 1.29 is 9.47 Å². The fourth-order valence-electron chi connectivity index (χ4n) is 3.32. The van der Waals surface area contributed by atoms with E-state index in [0.717, 1.165) is 49.9 Å². The van der Waals surface area contributed by atoms with Gasteiger partial charge in [-0.05, 0) is 62.3 Å². The third-order valence-corrected chi connectivity index (χ3v) is 4.72. The van der Waals surface area contributed by atoms with Crippen LogP contribution in [0.2, 0.25) is 0 Å². The molecule has 0 saturated heterocycles. The molecule has 3 unspecified atom stereocenters. The number of rotatable bonds is 9. The van der Waals surface area contributed by atoms with Gasteiger partial charge in [0.1, 0.15) is 0 Å². The van der Waals surface area contributed by atoms with E-state index in [1.807, 2.05) is 0 Å². The molecule has 114 valence electrons. The van der Waals surface area contributed by atoms with Crippen LogP contribution in [0.3, 0.4) is 0 Å². The van der Waals surface area contributed by atoms with Crippen LogP contribution in [0, 0.1) is 23.7 Å². The Balaban J connectivity index is 2.23. The molecule has 2 N–H and O–H groups in total. The van der Waals surface area contributed by atoms with Crippen LogP contribution in [0.15, 0.2) is 0 Å². The minimum absolute atomic E-state index is 0.699. The molecule has 1 saturated carbocycles. The van der Waals surface area contributed by atoms with Crippen molar-refractivity contribution in [1.82, 2.24) is 0 Å². The molecule has 1 aliphatic rings. The second kappa shape index (κ2) is 9.73. The minimum Gasteiger partial charge on any atom is -0.382 e. The Morgan fingerprint density at radius 1 is 1.11 bits per heavy atom. The smallest absolute Gasteiger partial charge is 0.0700 e. The number of nitrogens with two attached hydrogens (primary N) is 1. The molecule has 0 bridgehead atoms. The summed E-state index contributed by atoms with van der Waals surface area (Å²) < 4.78 is 10.5. The van der Waals surface area contributed by atoms with Crippen LogP contribution in [0.25, 0.3) is 0 Å². The van der Waals surface area contributed by atoms with Gasteiger partial charge in [-0.1, -0.05) is 13.8 Å². The average Bonchev–Trinajstić information content (AvgIpc) is 2.42. The lowest BCUT2D eigenvalue weighted by molar-refractivity contribution is 0.0619. The number of hydrogen-bond acceptors (Lipinski definition) is 3. The summed E-state index contributed by atoms with van der Waals surface area (Å²) in [6, 6.07) is 0. The monoisotopic (exact) mass is 271 g/mol. The Labute approximate surface area is 119 Å². The summed E-state index contributed by atoms with van der Waals surface area (Å²) in [6.45, 7) is 7.86. The standard InChI is InChI=1S/C16H33NO2/c1-13(2)14-6-7-16(12-17)15(11-14)5-4-8-19-10-9-18-3/h13-16H,4-12,17H2,1-3H3. The Bertz CT molecular complexity index is 221. The SMILES string of the molecule is COCCOCCCC1CC(C(C)C)CCC1CN. The first-order valence-corrected chi connectivity index (χ1v) is 7.95. The molecule has 0 aromatic rings. The van der Waals surface area contributed by atoms with E-state index in [1.165, 1.54) is 25.7 Å². The molecule has 3 heteroatoms. The van der Waals surface area contributed by atoms with Gasteiger partial charge in [0, 0.05) is 13.7 Å². The molecule has 3 atom stereocenters. The second-order valence-electron chi connectivity index (χ2n) is 6.32. The Hall–Kier alpha value is -0.120. The average molecular weight is 271 g/mol. The van der Waals surface area contributed by atoms with Crippen LogP contribution in [-0.2, 0) is 9.47 Å². The Kier molecular flexibility index (Phi) is 8.67. The van der Waals surface area contributed by atoms with E-state index in [2.05, 4.69) is 13.8 Å². The molecule has 0 aromatic heterocycles. The van der Waals surface area contributed by atoms with Crippen LogP contribution in [-0.4, -0.2) is 33.5 Å². The van der Waals surface area contributed by atoms with Crippen LogP contribution < -0.4 is 5.73 Å². The highest BCUT2D eigenvalue weighted by Gasteiger charge is 2.30. The first-order valence-electron chi connectivity index (χ1n) is 7.95. The molecule has 1 aliphatic carbocycles. The van der Waals surface area contributed by atoms with Crippen molar-refractivity contribution in [3.63, 3.8) is 0 Å². The van der Waals surface area contributed by atoms with E-state index < -0.39 is 0 Å². The van der Waals surface area contributed by atoms with Crippen LogP contribution in [0.1, 0.15) is 46.0 Å². The van der Waals surface area contributed by atoms with E-state index in [-0.39, 0.29) is 0 Å². The highest BCUT2D eigenvalue weighted by Crippen LogP contribution is 2.39. The van der Waals surface area contributed by atoms with Crippen molar-refractivity contribution in [2.45, 2.75) is 46.0 Å². The lowest BCUT2D eigenvalue weighted by atomic mass is 9.69. The van der Waals surface area contributed by atoms with Gasteiger partial charge in [-0.15, -0.1) is 0 Å². The molecule has 0 aliphatic heterocycles. The fourth-order valence-corrected chi connectivity index (χ4v) is 3.32. The Morgan fingerprint density at radius 2 is 1.89 bits per heavy atom. The summed E-state index contributed by atoms with van der Waals surface area (Å²) in [7, 11) is 1.71. The Morgan fingerprint density at radius 3 is 2.53 bits per heavy atom. The van der Waals surface area contributed by atoms with E-state index >= 15 is 0 Å². The predicted octanol–water partition coefficient (Wildman–Crippen LogP) is 3.08. The van der Waals surface area contributed by atoms with Gasteiger partial charge in [-0.3, -0.25) is 0 Å². The van der Waals surface area contributed by atoms with Gasteiger partial charge in [0.15, 0.2) is 0 Å². The number of ether oxygens (including phenoxy) is 2. The predicted molar refractivity (Wildman–Crippen MR) is 80.1 cm³/mol. The third kappa shape index (κ3) is 6.24. The number of hydrogen-bond donors (Lipinski definition) is 1. The summed E-state index contributed by atoms with van der Waals surface area (Å²) in [5.41, 5.74) is 5.94. The zero-order valence-corrected chi connectivity index (χ0v) is 13.1. The topological polar surface area (TPSA) is 44.5 Å².